The largest absolute Gasteiger partial charge is 0.451 e. The van der Waals surface area contributed by atoms with E-state index in [1.54, 1.807) is 6.07 Å². The Morgan fingerprint density at radius 1 is 1.26 bits per heavy atom. The number of anilines is 1. The smallest absolute Gasteiger partial charge is 0.284 e. The maximum Gasteiger partial charge on any atom is 0.284 e. The lowest BCUT2D eigenvalue weighted by Crippen LogP contribution is -2.43. The van der Waals surface area contributed by atoms with Crippen LogP contribution < -0.4 is 16.0 Å². The van der Waals surface area contributed by atoms with Crippen LogP contribution in [0.15, 0.2) is 28.7 Å². The topological polar surface area (TPSA) is 71.5 Å². The van der Waals surface area contributed by atoms with Crippen molar-refractivity contribution >= 4 is 35.0 Å². The Morgan fingerprint density at radius 2 is 2.00 bits per heavy atom. The SMILES string of the molecule is Cl.NC(=O)c1cc2cc(N3CCNCC3)ccc2o1. The molecule has 0 atom stereocenters. The highest BCUT2D eigenvalue weighted by molar-refractivity contribution is 5.95. The zero-order valence-electron chi connectivity index (χ0n) is 10.4. The van der Waals surface area contributed by atoms with E-state index in [1.807, 2.05) is 18.2 Å². The first kappa shape index (κ1) is 13.7. The molecule has 1 saturated heterocycles. The summed E-state index contributed by atoms with van der Waals surface area (Å²) < 4.78 is 5.37. The summed E-state index contributed by atoms with van der Waals surface area (Å²) in [6.45, 7) is 3.98. The Balaban J connectivity index is 0.00000133. The maximum absolute atomic E-state index is 11.1. The predicted molar refractivity (Wildman–Crippen MR) is 77.1 cm³/mol. The molecular formula is C13H16ClN3O2. The van der Waals surface area contributed by atoms with Gasteiger partial charge in [0.15, 0.2) is 5.76 Å². The van der Waals surface area contributed by atoms with Crippen molar-refractivity contribution < 1.29 is 9.21 Å². The van der Waals surface area contributed by atoms with Gasteiger partial charge < -0.3 is 20.4 Å². The molecule has 5 nitrogen and oxygen atoms in total. The van der Waals surface area contributed by atoms with Gasteiger partial charge in [-0.25, -0.2) is 0 Å². The van der Waals surface area contributed by atoms with Crippen LogP contribution in [0, 0.1) is 0 Å². The lowest BCUT2D eigenvalue weighted by molar-refractivity contribution is 0.0976. The summed E-state index contributed by atoms with van der Waals surface area (Å²) in [5, 5.41) is 4.24. The quantitative estimate of drug-likeness (QED) is 0.872. The number of fused-ring (bicyclic) bond motifs is 1. The number of nitrogens with zero attached hydrogens (tertiary/aromatic N) is 1. The molecule has 2 heterocycles. The Hall–Kier alpha value is -1.72. The van der Waals surface area contributed by atoms with E-state index >= 15 is 0 Å². The molecule has 0 aliphatic carbocycles. The van der Waals surface area contributed by atoms with Gasteiger partial charge in [0.05, 0.1) is 0 Å². The van der Waals surface area contributed by atoms with E-state index in [4.69, 9.17) is 10.2 Å². The second kappa shape index (κ2) is 5.50. The van der Waals surface area contributed by atoms with E-state index in [0.29, 0.717) is 5.58 Å². The van der Waals surface area contributed by atoms with E-state index in [1.165, 1.54) is 0 Å². The fourth-order valence-electron chi connectivity index (χ4n) is 2.27. The van der Waals surface area contributed by atoms with Crippen molar-refractivity contribution in [1.82, 2.24) is 5.32 Å². The maximum atomic E-state index is 11.1. The molecule has 3 rings (SSSR count). The lowest BCUT2D eigenvalue weighted by atomic mass is 10.2. The number of piperazine rings is 1. The zero-order valence-corrected chi connectivity index (χ0v) is 11.2. The lowest BCUT2D eigenvalue weighted by Gasteiger charge is -2.29. The molecule has 0 radical (unpaired) electrons. The number of halogens is 1. The summed E-state index contributed by atoms with van der Waals surface area (Å²) in [5.74, 6) is -0.322. The summed E-state index contributed by atoms with van der Waals surface area (Å²) >= 11 is 0. The Kier molecular flexibility index (Phi) is 3.97. The molecule has 19 heavy (non-hydrogen) atoms. The summed E-state index contributed by atoms with van der Waals surface area (Å²) in [4.78, 5) is 13.4. The van der Waals surface area contributed by atoms with Gasteiger partial charge in [-0.2, -0.15) is 0 Å². The Labute approximate surface area is 117 Å². The van der Waals surface area contributed by atoms with Gasteiger partial charge in [-0.05, 0) is 24.3 Å². The molecule has 1 aliphatic rings. The Morgan fingerprint density at radius 3 is 2.68 bits per heavy atom. The van der Waals surface area contributed by atoms with Gasteiger partial charge in [0.2, 0.25) is 0 Å². The minimum Gasteiger partial charge on any atom is -0.451 e. The van der Waals surface area contributed by atoms with Crippen LogP contribution >= 0.6 is 12.4 Å². The molecule has 0 saturated carbocycles. The highest BCUT2D eigenvalue weighted by atomic mass is 35.5. The minimum absolute atomic E-state index is 0. The molecule has 6 heteroatoms. The third kappa shape index (κ3) is 2.67. The van der Waals surface area contributed by atoms with Crippen LogP contribution in [-0.2, 0) is 0 Å². The number of nitrogens with two attached hydrogens (primary N) is 1. The third-order valence-electron chi connectivity index (χ3n) is 3.22. The van der Waals surface area contributed by atoms with Gasteiger partial charge in [-0.1, -0.05) is 0 Å². The summed E-state index contributed by atoms with van der Waals surface area (Å²) in [7, 11) is 0. The first-order chi connectivity index (χ1) is 8.74. The number of primary amides is 1. The molecular weight excluding hydrogens is 266 g/mol. The van der Waals surface area contributed by atoms with Crippen LogP contribution in [0.2, 0.25) is 0 Å². The molecule has 1 aromatic heterocycles. The van der Waals surface area contributed by atoms with Crippen molar-refractivity contribution in [2.24, 2.45) is 5.73 Å². The normalized spacial score (nSPS) is 15.3. The van der Waals surface area contributed by atoms with E-state index < -0.39 is 5.91 Å². The summed E-state index contributed by atoms with van der Waals surface area (Å²) in [6.07, 6.45) is 0. The van der Waals surface area contributed by atoms with Crippen molar-refractivity contribution in [3.8, 4) is 0 Å². The van der Waals surface area contributed by atoms with Gasteiger partial charge >= 0.3 is 0 Å². The number of benzene rings is 1. The number of rotatable bonds is 2. The number of carbonyl (C=O) groups excluding carboxylic acids is 1. The van der Waals surface area contributed by atoms with E-state index in [0.717, 1.165) is 37.3 Å². The van der Waals surface area contributed by atoms with Gasteiger partial charge in [-0.3, -0.25) is 4.79 Å². The average molecular weight is 282 g/mol. The predicted octanol–water partition coefficient (Wildman–Crippen LogP) is 1.36. The van der Waals surface area contributed by atoms with Crippen LogP contribution in [0.5, 0.6) is 0 Å². The Bertz CT molecular complexity index is 591. The molecule has 0 spiro atoms. The van der Waals surface area contributed by atoms with Crippen LogP contribution in [0.25, 0.3) is 11.0 Å². The highest BCUT2D eigenvalue weighted by Crippen LogP contribution is 2.25. The van der Waals surface area contributed by atoms with Gasteiger partial charge in [-0.15, -0.1) is 12.4 Å². The van der Waals surface area contributed by atoms with Crippen molar-refractivity contribution in [1.29, 1.82) is 0 Å². The van der Waals surface area contributed by atoms with E-state index in [9.17, 15) is 4.79 Å². The highest BCUT2D eigenvalue weighted by Gasteiger charge is 2.13. The van der Waals surface area contributed by atoms with Gasteiger partial charge in [0, 0.05) is 37.3 Å². The van der Waals surface area contributed by atoms with E-state index in [-0.39, 0.29) is 18.2 Å². The second-order valence-corrected chi connectivity index (χ2v) is 4.43. The van der Waals surface area contributed by atoms with Gasteiger partial charge in [0.1, 0.15) is 5.58 Å². The molecule has 0 unspecified atom stereocenters. The van der Waals surface area contributed by atoms with Crippen molar-refractivity contribution in [2.45, 2.75) is 0 Å². The standard InChI is InChI=1S/C13H15N3O2.ClH/c14-13(17)12-8-9-7-10(1-2-11(9)18-12)16-5-3-15-4-6-16;/h1-2,7-8,15H,3-6H2,(H2,14,17);1H. The van der Waals surface area contributed by atoms with Crippen LogP contribution in [-0.4, -0.2) is 32.1 Å². The van der Waals surface area contributed by atoms with Gasteiger partial charge in [0.25, 0.3) is 5.91 Å². The number of carbonyl (C=O) groups is 1. The van der Waals surface area contributed by atoms with E-state index in [2.05, 4.69) is 10.2 Å². The number of hydrogen-bond acceptors (Lipinski definition) is 4. The monoisotopic (exact) mass is 281 g/mol. The van der Waals surface area contributed by atoms with Crippen LogP contribution in [0.3, 0.4) is 0 Å². The number of hydrogen-bond donors (Lipinski definition) is 2. The fourth-order valence-corrected chi connectivity index (χ4v) is 2.27. The molecule has 3 N–H and O–H groups in total. The second-order valence-electron chi connectivity index (χ2n) is 4.43. The van der Waals surface area contributed by atoms with Crippen molar-refractivity contribution in [3.05, 3.63) is 30.0 Å². The van der Waals surface area contributed by atoms with Crippen LogP contribution in [0.4, 0.5) is 5.69 Å². The number of amides is 1. The number of furan rings is 1. The van der Waals surface area contributed by atoms with Crippen molar-refractivity contribution in [2.75, 3.05) is 31.1 Å². The fraction of sp³-hybridized carbons (Fsp3) is 0.308. The number of nitrogens with one attached hydrogen (secondary N) is 1. The first-order valence-corrected chi connectivity index (χ1v) is 6.03. The summed E-state index contributed by atoms with van der Waals surface area (Å²) in [6, 6.07) is 7.64. The molecule has 1 aromatic carbocycles. The summed E-state index contributed by atoms with van der Waals surface area (Å²) in [5.41, 5.74) is 7.06. The molecule has 1 aliphatic heterocycles. The molecule has 1 fully saturated rings. The van der Waals surface area contributed by atoms with Crippen LogP contribution in [0.1, 0.15) is 10.6 Å². The molecule has 2 aromatic rings. The minimum atomic E-state index is -0.532. The first-order valence-electron chi connectivity index (χ1n) is 6.03. The average Bonchev–Trinajstić information content (AvgIpc) is 2.82. The molecule has 1 amide bonds. The third-order valence-corrected chi connectivity index (χ3v) is 3.22. The molecule has 102 valence electrons. The molecule has 0 bridgehead atoms. The van der Waals surface area contributed by atoms with Crippen molar-refractivity contribution in [3.63, 3.8) is 0 Å². The zero-order chi connectivity index (χ0) is 12.5.